The van der Waals surface area contributed by atoms with E-state index in [4.69, 9.17) is 0 Å². The van der Waals surface area contributed by atoms with E-state index in [0.717, 1.165) is 16.9 Å². The molecule has 2 aromatic rings. The second-order valence-corrected chi connectivity index (χ2v) is 6.30. The Balaban J connectivity index is 1.67. The molecule has 0 saturated heterocycles. The fourth-order valence-corrected chi connectivity index (χ4v) is 3.05. The second kappa shape index (κ2) is 6.03. The summed E-state index contributed by atoms with van der Waals surface area (Å²) in [6, 6.07) is 9.79. The highest BCUT2D eigenvalue weighted by Gasteiger charge is 2.28. The van der Waals surface area contributed by atoms with Crippen LogP contribution in [0.1, 0.15) is 57.9 Å². The first-order valence-corrected chi connectivity index (χ1v) is 8.04. The Hall–Kier alpha value is -2.36. The molecule has 0 atom stereocenters. The maximum absolute atomic E-state index is 12.5. The number of hydrogen-bond donors (Lipinski definition) is 1. The van der Waals surface area contributed by atoms with Crippen LogP contribution < -0.4 is 5.32 Å². The van der Waals surface area contributed by atoms with E-state index in [0.29, 0.717) is 11.6 Å². The summed E-state index contributed by atoms with van der Waals surface area (Å²) in [6.45, 7) is 5.90. The first-order chi connectivity index (χ1) is 11.0. The molecule has 1 aliphatic carbocycles. The molecule has 1 aliphatic rings. The number of nitrogens with zero attached hydrogens (tertiary/aromatic N) is 1. The minimum atomic E-state index is 0.0418. The van der Waals surface area contributed by atoms with E-state index in [1.165, 1.54) is 18.5 Å². The lowest BCUT2D eigenvalue weighted by Crippen LogP contribution is -2.15. The van der Waals surface area contributed by atoms with E-state index in [2.05, 4.69) is 16.8 Å². The number of benzene rings is 1. The summed E-state index contributed by atoms with van der Waals surface area (Å²) in [5, 5.41) is 3.14. The predicted molar refractivity (Wildman–Crippen MR) is 91.4 cm³/mol. The van der Waals surface area contributed by atoms with Crippen molar-refractivity contribution in [2.45, 2.75) is 39.7 Å². The van der Waals surface area contributed by atoms with Crippen molar-refractivity contribution in [3.05, 3.63) is 52.8 Å². The minimum absolute atomic E-state index is 0.0418. The molecule has 0 bridgehead atoms. The van der Waals surface area contributed by atoms with Crippen LogP contribution in [0.15, 0.2) is 30.3 Å². The number of aryl methyl sites for hydroxylation is 1. The van der Waals surface area contributed by atoms with Crippen molar-refractivity contribution in [1.29, 1.82) is 0 Å². The monoisotopic (exact) mass is 310 g/mol. The van der Waals surface area contributed by atoms with Gasteiger partial charge in [0.05, 0.1) is 6.54 Å². The Morgan fingerprint density at radius 2 is 1.83 bits per heavy atom. The van der Waals surface area contributed by atoms with Crippen LogP contribution in [0.5, 0.6) is 0 Å². The van der Waals surface area contributed by atoms with Gasteiger partial charge in [-0.3, -0.25) is 9.59 Å². The zero-order valence-electron chi connectivity index (χ0n) is 13.8. The number of carbonyl (C=O) groups excluding carboxylic acids is 2. The summed E-state index contributed by atoms with van der Waals surface area (Å²) >= 11 is 0. The lowest BCUT2D eigenvalue weighted by atomic mass is 10.1. The van der Waals surface area contributed by atoms with Crippen LogP contribution in [0, 0.1) is 13.8 Å². The maximum Gasteiger partial charge on any atom is 0.183 e. The first kappa shape index (κ1) is 15.5. The number of anilines is 1. The summed E-state index contributed by atoms with van der Waals surface area (Å²) in [4.78, 5) is 23.8. The number of nitrogens with one attached hydrogen (secondary N) is 1. The van der Waals surface area contributed by atoms with Crippen LogP contribution in [0.4, 0.5) is 5.69 Å². The van der Waals surface area contributed by atoms with Crippen molar-refractivity contribution in [2.24, 2.45) is 0 Å². The van der Waals surface area contributed by atoms with Gasteiger partial charge in [0.2, 0.25) is 0 Å². The van der Waals surface area contributed by atoms with Gasteiger partial charge in [-0.2, -0.15) is 0 Å². The van der Waals surface area contributed by atoms with E-state index < -0.39 is 0 Å². The van der Waals surface area contributed by atoms with Crippen molar-refractivity contribution in [2.75, 3.05) is 11.9 Å². The van der Waals surface area contributed by atoms with Gasteiger partial charge < -0.3 is 9.88 Å². The average Bonchev–Trinajstić information content (AvgIpc) is 3.31. The van der Waals surface area contributed by atoms with E-state index >= 15 is 0 Å². The van der Waals surface area contributed by atoms with Gasteiger partial charge in [0.1, 0.15) is 0 Å². The fourth-order valence-electron chi connectivity index (χ4n) is 3.05. The summed E-state index contributed by atoms with van der Waals surface area (Å²) in [5.74, 6) is 0.140. The fraction of sp³-hybridized carbons (Fsp3) is 0.368. The third-order valence-corrected chi connectivity index (χ3v) is 4.44. The topological polar surface area (TPSA) is 51.1 Å². The van der Waals surface area contributed by atoms with E-state index in [1.54, 1.807) is 19.1 Å². The van der Waals surface area contributed by atoms with Gasteiger partial charge in [-0.15, -0.1) is 0 Å². The van der Waals surface area contributed by atoms with E-state index in [1.807, 2.05) is 25.1 Å². The van der Waals surface area contributed by atoms with Gasteiger partial charge in [-0.05, 0) is 63.9 Å². The standard InChI is InChI=1S/C19H22N2O2/c1-12-10-18(13(2)21(12)17-8-9-17)19(23)11-20-16-6-4-15(5-7-16)14(3)22/h4-7,10,17,20H,8-9,11H2,1-3H3. The number of aromatic nitrogens is 1. The second-order valence-electron chi connectivity index (χ2n) is 6.30. The highest BCUT2D eigenvalue weighted by Crippen LogP contribution is 2.38. The molecule has 3 rings (SSSR count). The van der Waals surface area contributed by atoms with Crippen molar-refractivity contribution in [3.63, 3.8) is 0 Å². The third-order valence-electron chi connectivity index (χ3n) is 4.44. The molecule has 1 N–H and O–H groups in total. The molecule has 4 nitrogen and oxygen atoms in total. The lowest BCUT2D eigenvalue weighted by molar-refractivity contribution is 0.1000. The highest BCUT2D eigenvalue weighted by molar-refractivity contribution is 6.00. The molecule has 0 spiro atoms. The van der Waals surface area contributed by atoms with Crippen LogP contribution in [0.3, 0.4) is 0 Å². The van der Waals surface area contributed by atoms with Gasteiger partial charge in [0, 0.05) is 34.2 Å². The predicted octanol–water partition coefficient (Wildman–Crippen LogP) is 3.94. The summed E-state index contributed by atoms with van der Waals surface area (Å²) in [5.41, 5.74) is 4.57. The van der Waals surface area contributed by atoms with E-state index in [-0.39, 0.29) is 18.1 Å². The largest absolute Gasteiger partial charge is 0.378 e. The van der Waals surface area contributed by atoms with Gasteiger partial charge in [-0.25, -0.2) is 0 Å². The quantitative estimate of drug-likeness (QED) is 0.822. The SMILES string of the molecule is CC(=O)c1ccc(NCC(=O)c2cc(C)n(C3CC3)c2C)cc1. The number of ketones is 2. The number of hydrogen-bond acceptors (Lipinski definition) is 3. The van der Waals surface area contributed by atoms with Crippen LogP contribution in [-0.4, -0.2) is 22.7 Å². The van der Waals surface area contributed by atoms with Crippen molar-refractivity contribution in [1.82, 2.24) is 4.57 Å². The molecule has 1 saturated carbocycles. The molecule has 1 heterocycles. The van der Waals surface area contributed by atoms with Crippen LogP contribution in [0.2, 0.25) is 0 Å². The molecular formula is C19H22N2O2. The first-order valence-electron chi connectivity index (χ1n) is 8.04. The van der Waals surface area contributed by atoms with Crippen molar-refractivity contribution in [3.8, 4) is 0 Å². The molecule has 120 valence electrons. The van der Waals surface area contributed by atoms with Crippen LogP contribution >= 0.6 is 0 Å². The molecule has 23 heavy (non-hydrogen) atoms. The van der Waals surface area contributed by atoms with Gasteiger partial charge >= 0.3 is 0 Å². The number of Topliss-reactive ketones (excluding diaryl/α,β-unsaturated/α-hetero) is 2. The Labute approximate surface area is 136 Å². The minimum Gasteiger partial charge on any atom is -0.378 e. The Morgan fingerprint density at radius 1 is 1.17 bits per heavy atom. The molecule has 0 radical (unpaired) electrons. The summed E-state index contributed by atoms with van der Waals surface area (Å²) in [6.07, 6.45) is 2.43. The Morgan fingerprint density at radius 3 is 2.39 bits per heavy atom. The summed E-state index contributed by atoms with van der Waals surface area (Å²) in [7, 11) is 0. The Bertz CT molecular complexity index is 752. The highest BCUT2D eigenvalue weighted by atomic mass is 16.1. The van der Waals surface area contributed by atoms with Gasteiger partial charge in [-0.1, -0.05) is 0 Å². The molecule has 1 aromatic carbocycles. The molecule has 1 aromatic heterocycles. The zero-order valence-corrected chi connectivity index (χ0v) is 13.8. The maximum atomic E-state index is 12.5. The smallest absolute Gasteiger partial charge is 0.183 e. The Kier molecular flexibility index (Phi) is 4.07. The lowest BCUT2D eigenvalue weighted by Gasteiger charge is -2.08. The summed E-state index contributed by atoms with van der Waals surface area (Å²) < 4.78 is 2.29. The normalized spacial score (nSPS) is 13.9. The zero-order chi connectivity index (χ0) is 16.6. The van der Waals surface area contributed by atoms with Crippen LogP contribution in [-0.2, 0) is 0 Å². The number of carbonyl (C=O) groups is 2. The number of rotatable bonds is 6. The molecule has 4 heteroatoms. The molecule has 0 amide bonds. The molecular weight excluding hydrogens is 288 g/mol. The van der Waals surface area contributed by atoms with Crippen LogP contribution in [0.25, 0.3) is 0 Å². The van der Waals surface area contributed by atoms with Gasteiger partial charge in [0.25, 0.3) is 0 Å². The molecule has 0 aliphatic heterocycles. The molecule has 0 unspecified atom stereocenters. The van der Waals surface area contributed by atoms with Crippen molar-refractivity contribution < 1.29 is 9.59 Å². The average molecular weight is 310 g/mol. The van der Waals surface area contributed by atoms with Gasteiger partial charge in [0.15, 0.2) is 11.6 Å². The van der Waals surface area contributed by atoms with E-state index in [9.17, 15) is 9.59 Å². The third kappa shape index (κ3) is 3.21. The van der Waals surface area contributed by atoms with Crippen molar-refractivity contribution >= 4 is 17.3 Å². The molecule has 1 fully saturated rings.